The fraction of sp³-hybridized carbons (Fsp3) is 0.533. The maximum Gasteiger partial charge on any atom is 0.416 e. The molecule has 7 heteroatoms. The lowest BCUT2D eigenvalue weighted by molar-refractivity contribution is -0.155. The highest BCUT2D eigenvalue weighted by Gasteiger charge is 2.37. The van der Waals surface area contributed by atoms with Gasteiger partial charge in [-0.1, -0.05) is 12.1 Å². The molecule has 0 aliphatic carbocycles. The maximum atomic E-state index is 12.5. The Morgan fingerprint density at radius 3 is 2.55 bits per heavy atom. The normalized spacial score (nSPS) is 25.4. The van der Waals surface area contributed by atoms with E-state index in [1.54, 1.807) is 6.92 Å². The van der Waals surface area contributed by atoms with E-state index in [0.717, 1.165) is 12.1 Å². The SMILES string of the molecule is CC1(Cc2ccc(C(F)(F)F)cc2)OCC(CCC(=O)O)O1. The number of ether oxygens (including phenoxy) is 2. The zero-order chi connectivity index (χ0) is 16.4. The third-order valence-corrected chi connectivity index (χ3v) is 3.48. The molecule has 1 aliphatic rings. The van der Waals surface area contributed by atoms with Crippen molar-refractivity contribution >= 4 is 5.97 Å². The summed E-state index contributed by atoms with van der Waals surface area (Å²) in [4.78, 5) is 10.5. The molecule has 0 aromatic heterocycles. The zero-order valence-electron chi connectivity index (χ0n) is 12.0. The van der Waals surface area contributed by atoms with Crippen LogP contribution in [-0.4, -0.2) is 29.6 Å². The van der Waals surface area contributed by atoms with Gasteiger partial charge in [-0.3, -0.25) is 4.79 Å². The van der Waals surface area contributed by atoms with E-state index in [2.05, 4.69) is 0 Å². The lowest BCUT2D eigenvalue weighted by atomic mass is 10.0. The van der Waals surface area contributed by atoms with Crippen LogP contribution in [-0.2, 0) is 26.9 Å². The quantitative estimate of drug-likeness (QED) is 0.905. The van der Waals surface area contributed by atoms with Gasteiger partial charge in [-0.15, -0.1) is 0 Å². The fourth-order valence-electron chi connectivity index (χ4n) is 2.39. The number of carboxylic acids is 1. The van der Waals surface area contributed by atoms with Crippen molar-refractivity contribution in [1.82, 2.24) is 0 Å². The van der Waals surface area contributed by atoms with Crippen LogP contribution in [0.3, 0.4) is 0 Å². The standard InChI is InChI=1S/C15H17F3O4/c1-14(21-9-12(22-14)6-7-13(19)20)8-10-2-4-11(5-3-10)15(16,17)18/h2-5,12H,6-9H2,1H3,(H,19,20). The van der Waals surface area contributed by atoms with Gasteiger partial charge in [0.05, 0.1) is 18.3 Å². The van der Waals surface area contributed by atoms with Crippen LogP contribution in [0.15, 0.2) is 24.3 Å². The van der Waals surface area contributed by atoms with Gasteiger partial charge in [0.2, 0.25) is 0 Å². The second kappa shape index (κ2) is 6.26. The minimum atomic E-state index is -4.36. The van der Waals surface area contributed by atoms with E-state index in [0.29, 0.717) is 18.4 Å². The molecular formula is C15H17F3O4. The van der Waals surface area contributed by atoms with Crippen LogP contribution >= 0.6 is 0 Å². The number of benzene rings is 1. The summed E-state index contributed by atoms with van der Waals surface area (Å²) in [5.74, 6) is -1.84. The van der Waals surface area contributed by atoms with Gasteiger partial charge in [0.25, 0.3) is 0 Å². The van der Waals surface area contributed by atoms with Crippen LogP contribution in [0, 0.1) is 0 Å². The Morgan fingerprint density at radius 1 is 1.36 bits per heavy atom. The van der Waals surface area contributed by atoms with Gasteiger partial charge < -0.3 is 14.6 Å². The van der Waals surface area contributed by atoms with Gasteiger partial charge in [0.1, 0.15) is 0 Å². The molecule has 1 aromatic carbocycles. The lowest BCUT2D eigenvalue weighted by Crippen LogP contribution is -2.29. The number of aliphatic carboxylic acids is 1. The summed E-state index contributed by atoms with van der Waals surface area (Å²) in [7, 11) is 0. The molecule has 22 heavy (non-hydrogen) atoms. The van der Waals surface area contributed by atoms with Gasteiger partial charge in [-0.25, -0.2) is 0 Å². The zero-order valence-corrected chi connectivity index (χ0v) is 12.0. The lowest BCUT2D eigenvalue weighted by Gasteiger charge is -2.23. The molecule has 122 valence electrons. The highest BCUT2D eigenvalue weighted by molar-refractivity contribution is 5.66. The number of carbonyl (C=O) groups is 1. The van der Waals surface area contributed by atoms with Crippen LogP contribution in [0.4, 0.5) is 13.2 Å². The molecule has 1 saturated heterocycles. The molecule has 4 nitrogen and oxygen atoms in total. The Hall–Kier alpha value is -1.60. The van der Waals surface area contributed by atoms with Crippen molar-refractivity contribution in [3.05, 3.63) is 35.4 Å². The van der Waals surface area contributed by atoms with E-state index >= 15 is 0 Å². The van der Waals surface area contributed by atoms with Crippen molar-refractivity contribution in [1.29, 1.82) is 0 Å². The van der Waals surface area contributed by atoms with Crippen molar-refractivity contribution in [2.45, 2.75) is 44.3 Å². The Balaban J connectivity index is 1.94. The van der Waals surface area contributed by atoms with E-state index < -0.39 is 23.5 Å². The summed E-state index contributed by atoms with van der Waals surface area (Å²) in [6.45, 7) is 1.98. The van der Waals surface area contributed by atoms with Crippen molar-refractivity contribution in [2.75, 3.05) is 6.61 Å². The van der Waals surface area contributed by atoms with Crippen molar-refractivity contribution < 1.29 is 32.5 Å². The monoisotopic (exact) mass is 318 g/mol. The van der Waals surface area contributed by atoms with E-state index in [4.69, 9.17) is 14.6 Å². The molecule has 2 unspecified atom stereocenters. The highest BCUT2D eigenvalue weighted by Crippen LogP contribution is 2.32. The Bertz CT molecular complexity index is 527. The third-order valence-electron chi connectivity index (χ3n) is 3.48. The molecule has 0 saturated carbocycles. The molecule has 2 atom stereocenters. The highest BCUT2D eigenvalue weighted by atomic mass is 19.4. The predicted molar refractivity (Wildman–Crippen MR) is 71.2 cm³/mol. The summed E-state index contributed by atoms with van der Waals surface area (Å²) in [6.07, 6.45) is -4.03. The second-order valence-electron chi connectivity index (χ2n) is 5.49. The molecule has 0 radical (unpaired) electrons. The summed E-state index contributed by atoms with van der Waals surface area (Å²) in [5.41, 5.74) is -0.0385. The number of carboxylic acid groups (broad SMARTS) is 1. The molecule has 1 aromatic rings. The summed E-state index contributed by atoms with van der Waals surface area (Å²) < 4.78 is 48.8. The average molecular weight is 318 g/mol. The molecule has 0 spiro atoms. The predicted octanol–water partition coefficient (Wildman–Crippen LogP) is 3.24. The summed E-state index contributed by atoms with van der Waals surface area (Å²) >= 11 is 0. The van der Waals surface area contributed by atoms with Crippen molar-refractivity contribution in [3.8, 4) is 0 Å². The van der Waals surface area contributed by atoms with Crippen LogP contribution in [0.1, 0.15) is 30.9 Å². The van der Waals surface area contributed by atoms with Gasteiger partial charge in [0, 0.05) is 12.8 Å². The van der Waals surface area contributed by atoms with E-state index in [1.165, 1.54) is 12.1 Å². The Kier molecular flexibility index (Phi) is 4.77. The number of rotatable bonds is 5. The number of hydrogen-bond donors (Lipinski definition) is 1. The molecule has 0 amide bonds. The molecule has 1 fully saturated rings. The Morgan fingerprint density at radius 2 is 2.00 bits per heavy atom. The minimum absolute atomic E-state index is 0.00954. The minimum Gasteiger partial charge on any atom is -0.481 e. The average Bonchev–Trinajstić information content (AvgIpc) is 2.77. The first-order valence-electron chi connectivity index (χ1n) is 6.88. The smallest absolute Gasteiger partial charge is 0.416 e. The molecule has 1 heterocycles. The van der Waals surface area contributed by atoms with Crippen molar-refractivity contribution in [2.24, 2.45) is 0 Å². The van der Waals surface area contributed by atoms with Crippen LogP contribution in [0.2, 0.25) is 0 Å². The number of halogens is 3. The van der Waals surface area contributed by atoms with Gasteiger partial charge in [-0.2, -0.15) is 13.2 Å². The van der Waals surface area contributed by atoms with E-state index in [1.807, 2.05) is 0 Å². The topological polar surface area (TPSA) is 55.8 Å². The molecule has 0 bridgehead atoms. The summed E-state index contributed by atoms with van der Waals surface area (Å²) in [6, 6.07) is 4.84. The van der Waals surface area contributed by atoms with Crippen LogP contribution in [0.5, 0.6) is 0 Å². The van der Waals surface area contributed by atoms with Crippen molar-refractivity contribution in [3.63, 3.8) is 0 Å². The number of hydrogen-bond acceptors (Lipinski definition) is 3. The van der Waals surface area contributed by atoms with Gasteiger partial charge >= 0.3 is 12.1 Å². The van der Waals surface area contributed by atoms with E-state index in [-0.39, 0.29) is 19.1 Å². The molecule has 1 N–H and O–H groups in total. The third kappa shape index (κ3) is 4.45. The number of alkyl halides is 3. The largest absolute Gasteiger partial charge is 0.481 e. The second-order valence-corrected chi connectivity index (χ2v) is 5.49. The molecular weight excluding hydrogens is 301 g/mol. The summed E-state index contributed by atoms with van der Waals surface area (Å²) in [5, 5.41) is 8.64. The van der Waals surface area contributed by atoms with Gasteiger partial charge in [-0.05, 0) is 31.0 Å². The first-order valence-corrected chi connectivity index (χ1v) is 6.88. The fourth-order valence-corrected chi connectivity index (χ4v) is 2.39. The molecule has 1 aliphatic heterocycles. The van der Waals surface area contributed by atoms with Crippen LogP contribution in [0.25, 0.3) is 0 Å². The van der Waals surface area contributed by atoms with E-state index in [9.17, 15) is 18.0 Å². The maximum absolute atomic E-state index is 12.5. The first kappa shape index (κ1) is 16.8. The first-order chi connectivity index (χ1) is 10.2. The van der Waals surface area contributed by atoms with Crippen LogP contribution < -0.4 is 0 Å². The van der Waals surface area contributed by atoms with Gasteiger partial charge in [0.15, 0.2) is 5.79 Å². The molecule has 2 rings (SSSR count). The Labute approximate surface area is 125 Å².